The minimum atomic E-state index is -0.196. The first-order valence-electron chi connectivity index (χ1n) is 13.1. The predicted octanol–water partition coefficient (Wildman–Crippen LogP) is 6.38. The standard InChI is InChI=1S/C28H35ClN4O2S/c29-25-22-11-1-2-13-24(22)36-27(25)31-28(34)30-14-4-5-15-32-16-8-17-33(19-18-32)23-12-7-10-21-9-3-6-20-35-26(21)23/h1-2,7,10-13H,3-6,8-9,14-20H2,(H2,30,31,34). The van der Waals surface area contributed by atoms with Crippen molar-refractivity contribution in [3.63, 3.8) is 0 Å². The van der Waals surface area contributed by atoms with Gasteiger partial charge in [0.1, 0.15) is 10.8 Å². The third-order valence-corrected chi connectivity index (χ3v) is 8.63. The van der Waals surface area contributed by atoms with E-state index in [-0.39, 0.29) is 6.03 Å². The Kier molecular flexibility index (Phi) is 8.51. The van der Waals surface area contributed by atoms with Gasteiger partial charge in [0.15, 0.2) is 0 Å². The summed E-state index contributed by atoms with van der Waals surface area (Å²) in [5.74, 6) is 1.12. The highest BCUT2D eigenvalue weighted by Gasteiger charge is 2.21. The molecule has 1 fully saturated rings. The summed E-state index contributed by atoms with van der Waals surface area (Å²) in [7, 11) is 0. The molecule has 2 aromatic carbocycles. The third kappa shape index (κ3) is 6.07. The average molecular weight is 527 g/mol. The zero-order valence-corrected chi connectivity index (χ0v) is 22.3. The van der Waals surface area contributed by atoms with Gasteiger partial charge in [-0.2, -0.15) is 0 Å². The topological polar surface area (TPSA) is 56.8 Å². The van der Waals surface area contributed by atoms with Crippen molar-refractivity contribution in [1.29, 1.82) is 0 Å². The van der Waals surface area contributed by atoms with Crippen molar-refractivity contribution in [2.24, 2.45) is 0 Å². The number of fused-ring (bicyclic) bond motifs is 2. The van der Waals surface area contributed by atoms with E-state index in [1.165, 1.54) is 29.0 Å². The number of hydrogen-bond donors (Lipinski definition) is 2. The number of nitrogens with one attached hydrogen (secondary N) is 2. The normalized spacial score (nSPS) is 16.6. The van der Waals surface area contributed by atoms with Crippen LogP contribution in [0.25, 0.3) is 10.1 Å². The Balaban J connectivity index is 1.04. The lowest BCUT2D eigenvalue weighted by Gasteiger charge is -2.26. The number of benzene rings is 2. The monoisotopic (exact) mass is 526 g/mol. The van der Waals surface area contributed by atoms with E-state index in [1.807, 2.05) is 24.3 Å². The lowest BCUT2D eigenvalue weighted by atomic mass is 10.1. The van der Waals surface area contributed by atoms with Crippen LogP contribution < -0.4 is 20.3 Å². The van der Waals surface area contributed by atoms with E-state index in [9.17, 15) is 4.79 Å². The van der Waals surface area contributed by atoms with Crippen LogP contribution in [0, 0.1) is 0 Å². The molecule has 0 unspecified atom stereocenters. The third-order valence-electron chi connectivity index (χ3n) is 7.04. The van der Waals surface area contributed by atoms with Crippen LogP contribution in [0.4, 0.5) is 15.5 Å². The number of nitrogens with zero attached hydrogens (tertiary/aromatic N) is 2. The van der Waals surface area contributed by atoms with Gasteiger partial charge in [-0.25, -0.2) is 4.79 Å². The number of anilines is 2. The number of amides is 2. The van der Waals surface area contributed by atoms with E-state index in [0.717, 1.165) is 87.3 Å². The van der Waals surface area contributed by atoms with Crippen LogP contribution in [0.1, 0.15) is 37.7 Å². The fourth-order valence-corrected chi connectivity index (χ4v) is 6.49. The fraction of sp³-hybridized carbons (Fsp3) is 0.464. The van der Waals surface area contributed by atoms with Gasteiger partial charge in [0.05, 0.1) is 17.3 Å². The lowest BCUT2D eigenvalue weighted by Crippen LogP contribution is -2.32. The molecule has 0 atom stereocenters. The van der Waals surface area contributed by atoms with Gasteiger partial charge < -0.3 is 19.9 Å². The van der Waals surface area contributed by atoms with Crippen LogP contribution in [0.2, 0.25) is 5.02 Å². The number of halogens is 1. The summed E-state index contributed by atoms with van der Waals surface area (Å²) in [5.41, 5.74) is 2.63. The average Bonchev–Trinajstić information content (AvgIpc) is 3.10. The molecule has 2 aliphatic rings. The van der Waals surface area contributed by atoms with Crippen LogP contribution in [0.3, 0.4) is 0 Å². The van der Waals surface area contributed by atoms with Crippen molar-refractivity contribution < 1.29 is 9.53 Å². The highest BCUT2D eigenvalue weighted by atomic mass is 35.5. The second-order valence-corrected chi connectivity index (χ2v) is 11.0. The number of unbranched alkanes of at least 4 members (excludes halogenated alkanes) is 1. The largest absolute Gasteiger partial charge is 0.491 e. The molecule has 3 aromatic rings. The minimum absolute atomic E-state index is 0.196. The molecule has 6 nitrogen and oxygen atoms in total. The van der Waals surface area contributed by atoms with Crippen LogP contribution in [-0.4, -0.2) is 56.8 Å². The van der Waals surface area contributed by atoms with Gasteiger partial charge in [-0.3, -0.25) is 5.32 Å². The molecule has 2 amide bonds. The number of hydrogen-bond acceptors (Lipinski definition) is 5. The SMILES string of the molecule is O=C(NCCCCN1CCCN(c2cccc3c2OCCCC3)CC1)Nc1sc2ccccc2c1Cl. The summed E-state index contributed by atoms with van der Waals surface area (Å²) in [6.07, 6.45) is 6.63. The highest BCUT2D eigenvalue weighted by molar-refractivity contribution is 7.23. The number of aryl methyl sites for hydroxylation is 1. The van der Waals surface area contributed by atoms with E-state index in [4.69, 9.17) is 16.3 Å². The first-order valence-corrected chi connectivity index (χ1v) is 14.3. The number of ether oxygens (including phenoxy) is 1. The molecule has 0 radical (unpaired) electrons. The van der Waals surface area contributed by atoms with E-state index < -0.39 is 0 Å². The molecule has 2 N–H and O–H groups in total. The molecule has 0 aliphatic carbocycles. The smallest absolute Gasteiger partial charge is 0.319 e. The summed E-state index contributed by atoms with van der Waals surface area (Å²) in [4.78, 5) is 17.4. The molecule has 36 heavy (non-hydrogen) atoms. The van der Waals surface area contributed by atoms with Crippen LogP contribution in [0.15, 0.2) is 42.5 Å². The Morgan fingerprint density at radius 1 is 1.00 bits per heavy atom. The Labute approximate surface area is 222 Å². The Morgan fingerprint density at radius 3 is 2.83 bits per heavy atom. The van der Waals surface area contributed by atoms with Crippen molar-refractivity contribution in [1.82, 2.24) is 10.2 Å². The summed E-state index contributed by atoms with van der Waals surface area (Å²) in [5, 5.41) is 8.16. The maximum absolute atomic E-state index is 12.3. The first-order chi connectivity index (χ1) is 17.7. The van der Waals surface area contributed by atoms with Gasteiger partial charge in [-0.15, -0.1) is 11.3 Å². The molecular weight excluding hydrogens is 492 g/mol. The van der Waals surface area contributed by atoms with E-state index in [1.54, 1.807) is 0 Å². The summed E-state index contributed by atoms with van der Waals surface area (Å²) >= 11 is 7.93. The van der Waals surface area contributed by atoms with Crippen LogP contribution in [0.5, 0.6) is 5.75 Å². The fourth-order valence-electron chi connectivity index (χ4n) is 5.12. The van der Waals surface area contributed by atoms with Crippen molar-refractivity contribution in [3.8, 4) is 5.75 Å². The molecule has 3 heterocycles. The summed E-state index contributed by atoms with van der Waals surface area (Å²) in [6, 6.07) is 14.4. The quantitative estimate of drug-likeness (QED) is 0.350. The van der Waals surface area contributed by atoms with Gasteiger partial charge in [-0.1, -0.05) is 41.9 Å². The molecule has 5 rings (SSSR count). The predicted molar refractivity (Wildman–Crippen MR) is 151 cm³/mol. The lowest BCUT2D eigenvalue weighted by molar-refractivity contribution is 0.251. The zero-order valence-electron chi connectivity index (χ0n) is 20.7. The summed E-state index contributed by atoms with van der Waals surface area (Å²) in [6.45, 7) is 6.80. The van der Waals surface area contributed by atoms with Crippen molar-refractivity contribution in [3.05, 3.63) is 53.1 Å². The first kappa shape index (κ1) is 25.2. The molecule has 0 spiro atoms. The maximum atomic E-state index is 12.3. The highest BCUT2D eigenvalue weighted by Crippen LogP contribution is 2.39. The molecular formula is C28H35ClN4O2S. The van der Waals surface area contributed by atoms with Gasteiger partial charge in [0.25, 0.3) is 0 Å². The van der Waals surface area contributed by atoms with Gasteiger partial charge in [0, 0.05) is 36.3 Å². The zero-order chi connectivity index (χ0) is 24.7. The Hall–Kier alpha value is -2.48. The summed E-state index contributed by atoms with van der Waals surface area (Å²) < 4.78 is 7.24. The second-order valence-electron chi connectivity index (χ2n) is 9.58. The number of rotatable bonds is 7. The van der Waals surface area contributed by atoms with Gasteiger partial charge in [-0.05, 0) is 69.3 Å². The second kappa shape index (κ2) is 12.2. The number of carbonyl (C=O) groups excluding carboxylic acids is 1. The minimum Gasteiger partial charge on any atom is -0.491 e. The number of thiophene rings is 1. The van der Waals surface area contributed by atoms with Crippen molar-refractivity contribution in [2.75, 3.05) is 56.1 Å². The molecule has 1 saturated heterocycles. The number of para-hydroxylation sites is 1. The number of urea groups is 1. The van der Waals surface area contributed by atoms with Crippen LogP contribution >= 0.6 is 22.9 Å². The van der Waals surface area contributed by atoms with E-state index in [2.05, 4.69) is 38.6 Å². The molecule has 0 saturated carbocycles. The Bertz CT molecular complexity index is 1180. The Morgan fingerprint density at radius 2 is 1.92 bits per heavy atom. The van der Waals surface area contributed by atoms with Gasteiger partial charge in [0.2, 0.25) is 0 Å². The van der Waals surface area contributed by atoms with Crippen molar-refractivity contribution in [2.45, 2.75) is 38.5 Å². The molecule has 192 valence electrons. The van der Waals surface area contributed by atoms with Gasteiger partial charge >= 0.3 is 6.03 Å². The number of carbonyl (C=O) groups is 1. The molecule has 1 aromatic heterocycles. The van der Waals surface area contributed by atoms with E-state index >= 15 is 0 Å². The molecule has 0 bridgehead atoms. The molecule has 2 aliphatic heterocycles. The maximum Gasteiger partial charge on any atom is 0.319 e. The molecule has 8 heteroatoms. The van der Waals surface area contributed by atoms with E-state index in [0.29, 0.717) is 16.6 Å². The van der Waals surface area contributed by atoms with Crippen molar-refractivity contribution >= 4 is 49.7 Å². The van der Waals surface area contributed by atoms with Crippen LogP contribution in [-0.2, 0) is 6.42 Å².